The second kappa shape index (κ2) is 12.4. The maximum absolute atomic E-state index is 6.56. The molecule has 170 valence electrons. The average Bonchev–Trinajstić information content (AvgIpc) is 2.78. The average molecular weight is 560 g/mol. The van der Waals surface area contributed by atoms with Crippen LogP contribution in [0.15, 0.2) is 47.5 Å². The summed E-state index contributed by atoms with van der Waals surface area (Å²) in [5.74, 6) is 2.07. The summed E-state index contributed by atoms with van der Waals surface area (Å²) in [6.07, 6.45) is 1.80. The second-order valence-electron chi connectivity index (χ2n) is 7.22. The number of halogens is 2. The standard InChI is InChI=1S/C23H30ClN3O3.HI/c1-4-30-21-15-17(9-10-20(21)28-3)27-22(25-2)26-16-23(11-13-29-14-12-23)18-7-5-6-8-19(18)24;/h5-10,15H,4,11-14,16H2,1-3H3,(H2,25,26,27);1H. The molecule has 6 nitrogen and oxygen atoms in total. The Morgan fingerprint density at radius 1 is 1.16 bits per heavy atom. The Labute approximate surface area is 206 Å². The molecule has 1 heterocycles. The monoisotopic (exact) mass is 559 g/mol. The van der Waals surface area contributed by atoms with E-state index in [0.29, 0.717) is 30.6 Å². The third kappa shape index (κ3) is 6.40. The normalized spacial score (nSPS) is 15.5. The third-order valence-corrected chi connectivity index (χ3v) is 5.77. The molecule has 0 aromatic heterocycles. The molecule has 1 saturated heterocycles. The molecule has 0 aliphatic carbocycles. The van der Waals surface area contributed by atoms with Gasteiger partial charge in [0.15, 0.2) is 17.5 Å². The highest BCUT2D eigenvalue weighted by Crippen LogP contribution is 2.38. The molecule has 31 heavy (non-hydrogen) atoms. The van der Waals surface area contributed by atoms with Gasteiger partial charge in [0.1, 0.15) is 0 Å². The lowest BCUT2D eigenvalue weighted by molar-refractivity contribution is 0.0515. The lowest BCUT2D eigenvalue weighted by atomic mass is 9.74. The number of methoxy groups -OCH3 is 1. The van der Waals surface area contributed by atoms with Crippen molar-refractivity contribution >= 4 is 47.2 Å². The molecule has 0 atom stereocenters. The molecule has 0 spiro atoms. The maximum atomic E-state index is 6.56. The first-order valence-electron chi connectivity index (χ1n) is 10.2. The van der Waals surface area contributed by atoms with Gasteiger partial charge in [0.25, 0.3) is 0 Å². The number of hydrogen-bond donors (Lipinski definition) is 2. The second-order valence-corrected chi connectivity index (χ2v) is 7.63. The highest BCUT2D eigenvalue weighted by atomic mass is 127. The van der Waals surface area contributed by atoms with Crippen LogP contribution in [-0.2, 0) is 10.2 Å². The molecule has 8 heteroatoms. The lowest BCUT2D eigenvalue weighted by Crippen LogP contribution is -2.46. The summed E-state index contributed by atoms with van der Waals surface area (Å²) < 4.78 is 16.7. The number of ether oxygens (including phenoxy) is 3. The Morgan fingerprint density at radius 2 is 1.90 bits per heavy atom. The van der Waals surface area contributed by atoms with Gasteiger partial charge in [-0.15, -0.1) is 24.0 Å². The molecule has 2 aromatic carbocycles. The van der Waals surface area contributed by atoms with Crippen molar-refractivity contribution in [2.24, 2.45) is 4.99 Å². The summed E-state index contributed by atoms with van der Waals surface area (Å²) in [6.45, 7) is 4.65. The molecule has 3 rings (SSSR count). The summed E-state index contributed by atoms with van der Waals surface area (Å²) in [7, 11) is 3.39. The third-order valence-electron chi connectivity index (χ3n) is 5.44. The number of guanidine groups is 1. The van der Waals surface area contributed by atoms with E-state index >= 15 is 0 Å². The lowest BCUT2D eigenvalue weighted by Gasteiger charge is -2.38. The first-order valence-corrected chi connectivity index (χ1v) is 10.6. The van der Waals surface area contributed by atoms with Crippen molar-refractivity contribution in [2.75, 3.05) is 45.8 Å². The van der Waals surface area contributed by atoms with Gasteiger partial charge in [0.2, 0.25) is 0 Å². The first-order chi connectivity index (χ1) is 14.6. The van der Waals surface area contributed by atoms with Gasteiger partial charge in [-0.2, -0.15) is 0 Å². The zero-order valence-corrected chi connectivity index (χ0v) is 21.3. The van der Waals surface area contributed by atoms with Crippen LogP contribution < -0.4 is 20.1 Å². The van der Waals surface area contributed by atoms with E-state index in [1.54, 1.807) is 14.2 Å². The quantitative estimate of drug-likeness (QED) is 0.281. The van der Waals surface area contributed by atoms with Gasteiger partial charge in [-0.1, -0.05) is 29.8 Å². The minimum absolute atomic E-state index is 0. The van der Waals surface area contributed by atoms with E-state index in [4.69, 9.17) is 25.8 Å². The molecular weight excluding hydrogens is 529 g/mol. The van der Waals surface area contributed by atoms with Crippen LogP contribution in [0.25, 0.3) is 0 Å². The Bertz CT molecular complexity index is 873. The number of rotatable bonds is 7. The zero-order valence-electron chi connectivity index (χ0n) is 18.2. The van der Waals surface area contributed by atoms with Crippen LogP contribution in [0.3, 0.4) is 0 Å². The van der Waals surface area contributed by atoms with E-state index in [-0.39, 0.29) is 29.4 Å². The van der Waals surface area contributed by atoms with E-state index in [1.807, 2.05) is 43.3 Å². The number of nitrogens with zero attached hydrogens (tertiary/aromatic N) is 1. The summed E-state index contributed by atoms with van der Waals surface area (Å²) in [5.41, 5.74) is 1.91. The summed E-state index contributed by atoms with van der Waals surface area (Å²) in [4.78, 5) is 4.39. The molecule has 2 N–H and O–H groups in total. The first kappa shape index (κ1) is 25.5. The van der Waals surface area contributed by atoms with Crippen LogP contribution in [0, 0.1) is 0 Å². The van der Waals surface area contributed by atoms with Crippen LogP contribution >= 0.6 is 35.6 Å². The number of hydrogen-bond acceptors (Lipinski definition) is 4. The number of aliphatic imine (C=N–C) groups is 1. The zero-order chi connectivity index (χ0) is 21.4. The largest absolute Gasteiger partial charge is 0.493 e. The summed E-state index contributed by atoms with van der Waals surface area (Å²) in [6, 6.07) is 13.8. The fraction of sp³-hybridized carbons (Fsp3) is 0.435. The fourth-order valence-corrected chi connectivity index (χ4v) is 4.12. The van der Waals surface area contributed by atoms with Crippen molar-refractivity contribution in [1.82, 2.24) is 5.32 Å². The number of anilines is 1. The van der Waals surface area contributed by atoms with Crippen molar-refractivity contribution in [3.05, 3.63) is 53.1 Å². The van der Waals surface area contributed by atoms with Crippen molar-refractivity contribution in [1.29, 1.82) is 0 Å². The topological polar surface area (TPSA) is 64.1 Å². The van der Waals surface area contributed by atoms with Crippen LogP contribution in [-0.4, -0.2) is 46.5 Å². The van der Waals surface area contributed by atoms with E-state index in [2.05, 4.69) is 21.7 Å². The molecule has 0 unspecified atom stereocenters. The van der Waals surface area contributed by atoms with Crippen LogP contribution in [0.4, 0.5) is 5.69 Å². The highest BCUT2D eigenvalue weighted by molar-refractivity contribution is 14.0. The van der Waals surface area contributed by atoms with E-state index in [0.717, 1.165) is 42.3 Å². The molecule has 0 radical (unpaired) electrons. The molecule has 2 aromatic rings. The predicted octanol–water partition coefficient (Wildman–Crippen LogP) is 5.10. The number of benzene rings is 2. The minimum atomic E-state index is -0.107. The maximum Gasteiger partial charge on any atom is 0.195 e. The van der Waals surface area contributed by atoms with Crippen LogP contribution in [0.2, 0.25) is 5.02 Å². The molecule has 0 amide bonds. The molecule has 0 bridgehead atoms. The van der Waals surface area contributed by atoms with Gasteiger partial charge >= 0.3 is 0 Å². The summed E-state index contributed by atoms with van der Waals surface area (Å²) in [5, 5.41) is 7.62. The summed E-state index contributed by atoms with van der Waals surface area (Å²) >= 11 is 6.56. The highest BCUT2D eigenvalue weighted by Gasteiger charge is 2.36. The van der Waals surface area contributed by atoms with E-state index in [1.165, 1.54) is 0 Å². The molecule has 1 aliphatic heterocycles. The molecule has 1 aliphatic rings. The van der Waals surface area contributed by atoms with E-state index in [9.17, 15) is 0 Å². The minimum Gasteiger partial charge on any atom is -0.493 e. The van der Waals surface area contributed by atoms with E-state index < -0.39 is 0 Å². The molecule has 1 fully saturated rings. The van der Waals surface area contributed by atoms with Crippen molar-refractivity contribution in [2.45, 2.75) is 25.2 Å². The van der Waals surface area contributed by atoms with Gasteiger partial charge in [-0.05, 0) is 43.5 Å². The van der Waals surface area contributed by atoms with Gasteiger partial charge < -0.3 is 24.8 Å². The van der Waals surface area contributed by atoms with Gasteiger partial charge in [0.05, 0.1) is 13.7 Å². The SMILES string of the molecule is CCOc1cc(NC(=NC)NCC2(c3ccccc3Cl)CCOCC2)ccc1OC.I. The Hall–Kier alpha value is -1.71. The van der Waals surface area contributed by atoms with Crippen LogP contribution in [0.1, 0.15) is 25.3 Å². The van der Waals surface area contributed by atoms with Gasteiger partial charge in [0, 0.05) is 49.0 Å². The fourth-order valence-electron chi connectivity index (χ4n) is 3.79. The van der Waals surface area contributed by atoms with Gasteiger partial charge in [-0.25, -0.2) is 0 Å². The van der Waals surface area contributed by atoms with Crippen molar-refractivity contribution in [3.63, 3.8) is 0 Å². The Balaban J connectivity index is 0.00000341. The van der Waals surface area contributed by atoms with Crippen molar-refractivity contribution < 1.29 is 14.2 Å². The number of nitrogens with one attached hydrogen (secondary N) is 2. The van der Waals surface area contributed by atoms with Crippen LogP contribution in [0.5, 0.6) is 11.5 Å². The predicted molar refractivity (Wildman–Crippen MR) is 138 cm³/mol. The molecule has 0 saturated carbocycles. The Morgan fingerprint density at radius 3 is 2.55 bits per heavy atom. The Kier molecular flexibility index (Phi) is 10.2. The van der Waals surface area contributed by atoms with Crippen molar-refractivity contribution in [3.8, 4) is 11.5 Å². The smallest absolute Gasteiger partial charge is 0.195 e. The van der Waals surface area contributed by atoms with Gasteiger partial charge in [-0.3, -0.25) is 4.99 Å². The molecular formula is C23H31ClIN3O3.